The van der Waals surface area contributed by atoms with Gasteiger partial charge in [0.2, 0.25) is 5.88 Å². The van der Waals surface area contributed by atoms with Crippen LogP contribution in [-0.4, -0.2) is 17.5 Å². The molecule has 0 aromatic heterocycles. The zero-order valence-corrected chi connectivity index (χ0v) is 18.8. The Bertz CT molecular complexity index is 1360. The molecule has 0 bridgehead atoms. The fourth-order valence-corrected chi connectivity index (χ4v) is 3.73. The monoisotopic (exact) mass is 471 g/mol. The van der Waals surface area contributed by atoms with Gasteiger partial charge < -0.3 is 19.9 Å². The third-order valence-electron chi connectivity index (χ3n) is 5.38. The van der Waals surface area contributed by atoms with Gasteiger partial charge in [-0.2, -0.15) is 5.26 Å². The summed E-state index contributed by atoms with van der Waals surface area (Å²) in [6.07, 6.45) is 0.890. The molecule has 0 spiro atoms. The lowest BCUT2D eigenvalue weighted by Gasteiger charge is -2.26. The van der Waals surface area contributed by atoms with Crippen LogP contribution in [0.25, 0.3) is 0 Å². The SMILES string of the molecule is CCCOc1ccc(C2C(C#N)=C(N)Oc3cc(OC(=O)c4cccc([N+](=O)[O-])c4)ccc32)cc1. The maximum Gasteiger partial charge on any atom is 0.343 e. The van der Waals surface area contributed by atoms with Crippen molar-refractivity contribution in [1.82, 2.24) is 0 Å². The average Bonchev–Trinajstić information content (AvgIpc) is 2.87. The van der Waals surface area contributed by atoms with Crippen LogP contribution in [0.2, 0.25) is 0 Å². The van der Waals surface area contributed by atoms with Crippen LogP contribution in [0, 0.1) is 21.4 Å². The summed E-state index contributed by atoms with van der Waals surface area (Å²) in [5, 5.41) is 20.7. The lowest BCUT2D eigenvalue weighted by atomic mass is 9.83. The minimum absolute atomic E-state index is 0.0345. The van der Waals surface area contributed by atoms with E-state index in [4.69, 9.17) is 19.9 Å². The normalized spacial score (nSPS) is 14.3. The number of benzene rings is 3. The fourth-order valence-electron chi connectivity index (χ4n) is 3.73. The number of nitrogens with zero attached hydrogens (tertiary/aromatic N) is 2. The van der Waals surface area contributed by atoms with Crippen molar-refractivity contribution in [3.8, 4) is 23.3 Å². The number of fused-ring (bicyclic) bond motifs is 1. The molecule has 0 aliphatic carbocycles. The molecule has 176 valence electrons. The van der Waals surface area contributed by atoms with Crippen molar-refractivity contribution in [2.75, 3.05) is 6.61 Å². The predicted octanol–water partition coefficient (Wildman–Crippen LogP) is 4.82. The maximum atomic E-state index is 12.5. The number of non-ortho nitro benzene ring substituents is 1. The van der Waals surface area contributed by atoms with Crippen molar-refractivity contribution < 1.29 is 23.9 Å². The number of rotatable bonds is 7. The summed E-state index contributed by atoms with van der Waals surface area (Å²) in [5.74, 6) is -0.0618. The van der Waals surface area contributed by atoms with Gasteiger partial charge in [0.15, 0.2) is 0 Å². The van der Waals surface area contributed by atoms with Gasteiger partial charge >= 0.3 is 5.97 Å². The summed E-state index contributed by atoms with van der Waals surface area (Å²) in [6, 6.07) is 19.6. The van der Waals surface area contributed by atoms with Gasteiger partial charge in [-0.15, -0.1) is 0 Å². The average molecular weight is 471 g/mol. The van der Waals surface area contributed by atoms with Crippen LogP contribution < -0.4 is 19.9 Å². The number of nitro benzene ring substituents is 1. The Morgan fingerprint density at radius 3 is 2.57 bits per heavy atom. The predicted molar refractivity (Wildman–Crippen MR) is 126 cm³/mol. The van der Waals surface area contributed by atoms with E-state index in [1.54, 1.807) is 12.1 Å². The van der Waals surface area contributed by atoms with Gasteiger partial charge in [0, 0.05) is 23.8 Å². The molecule has 1 atom stereocenters. The Kier molecular flexibility index (Phi) is 6.64. The number of allylic oxidation sites excluding steroid dienone is 1. The maximum absolute atomic E-state index is 12.5. The van der Waals surface area contributed by atoms with Crippen molar-refractivity contribution in [3.05, 3.63) is 105 Å². The highest BCUT2D eigenvalue weighted by Crippen LogP contribution is 2.43. The molecule has 0 amide bonds. The van der Waals surface area contributed by atoms with E-state index in [1.165, 1.54) is 24.3 Å². The first-order valence-electron chi connectivity index (χ1n) is 10.8. The van der Waals surface area contributed by atoms with Crippen molar-refractivity contribution in [2.24, 2.45) is 5.73 Å². The summed E-state index contributed by atoms with van der Waals surface area (Å²) in [7, 11) is 0. The highest BCUT2D eigenvalue weighted by Gasteiger charge is 2.31. The van der Waals surface area contributed by atoms with Gasteiger partial charge in [-0.25, -0.2) is 4.79 Å². The van der Waals surface area contributed by atoms with Crippen molar-refractivity contribution in [1.29, 1.82) is 5.26 Å². The van der Waals surface area contributed by atoms with E-state index in [0.29, 0.717) is 17.9 Å². The van der Waals surface area contributed by atoms with Gasteiger partial charge in [-0.1, -0.05) is 31.2 Å². The Balaban J connectivity index is 1.63. The summed E-state index contributed by atoms with van der Waals surface area (Å²) in [4.78, 5) is 22.9. The summed E-state index contributed by atoms with van der Waals surface area (Å²) >= 11 is 0. The highest BCUT2D eigenvalue weighted by atomic mass is 16.6. The van der Waals surface area contributed by atoms with Crippen LogP contribution in [0.15, 0.2) is 78.2 Å². The van der Waals surface area contributed by atoms with E-state index in [-0.39, 0.29) is 28.5 Å². The molecular formula is C26H21N3O6. The first kappa shape index (κ1) is 23.3. The molecule has 9 nitrogen and oxygen atoms in total. The molecule has 9 heteroatoms. The minimum atomic E-state index is -0.759. The molecule has 0 saturated heterocycles. The number of carbonyl (C=O) groups is 1. The molecule has 1 unspecified atom stereocenters. The van der Waals surface area contributed by atoms with E-state index >= 15 is 0 Å². The lowest BCUT2D eigenvalue weighted by molar-refractivity contribution is -0.384. The number of hydrogen-bond acceptors (Lipinski definition) is 8. The number of nitrogens with two attached hydrogens (primary N) is 1. The van der Waals surface area contributed by atoms with Crippen LogP contribution >= 0.6 is 0 Å². The highest BCUT2D eigenvalue weighted by molar-refractivity contribution is 5.91. The van der Waals surface area contributed by atoms with Gasteiger partial charge in [0.05, 0.1) is 23.0 Å². The van der Waals surface area contributed by atoms with Crippen LogP contribution in [0.1, 0.15) is 40.7 Å². The molecule has 1 aliphatic rings. The molecule has 1 heterocycles. The third-order valence-corrected chi connectivity index (χ3v) is 5.38. The smallest absolute Gasteiger partial charge is 0.343 e. The zero-order chi connectivity index (χ0) is 24.9. The largest absolute Gasteiger partial charge is 0.494 e. The quantitative estimate of drug-likeness (QED) is 0.224. The summed E-state index contributed by atoms with van der Waals surface area (Å²) < 4.78 is 16.7. The van der Waals surface area contributed by atoms with Crippen LogP contribution in [-0.2, 0) is 0 Å². The van der Waals surface area contributed by atoms with E-state index in [9.17, 15) is 20.2 Å². The number of ether oxygens (including phenoxy) is 3. The van der Waals surface area contributed by atoms with Crippen molar-refractivity contribution >= 4 is 11.7 Å². The second-order valence-corrected chi connectivity index (χ2v) is 7.74. The Labute approximate surface area is 201 Å². The molecule has 4 rings (SSSR count). The summed E-state index contributed by atoms with van der Waals surface area (Å²) in [6.45, 7) is 2.63. The number of nitriles is 1. The van der Waals surface area contributed by atoms with E-state index in [1.807, 2.05) is 31.2 Å². The molecule has 1 aliphatic heterocycles. The van der Waals surface area contributed by atoms with Gasteiger partial charge in [0.25, 0.3) is 5.69 Å². The Morgan fingerprint density at radius 2 is 1.89 bits per heavy atom. The second kappa shape index (κ2) is 9.97. The summed E-state index contributed by atoms with van der Waals surface area (Å²) in [5.41, 5.74) is 7.63. The van der Waals surface area contributed by atoms with E-state index in [2.05, 4.69) is 6.07 Å². The number of carbonyl (C=O) groups excluding carboxylic acids is 1. The van der Waals surface area contributed by atoms with Gasteiger partial charge in [-0.3, -0.25) is 10.1 Å². The molecule has 0 radical (unpaired) electrons. The number of esters is 1. The second-order valence-electron chi connectivity index (χ2n) is 7.74. The van der Waals surface area contributed by atoms with E-state index < -0.39 is 16.8 Å². The fraction of sp³-hybridized carbons (Fsp3) is 0.154. The Morgan fingerprint density at radius 1 is 1.14 bits per heavy atom. The van der Waals surface area contributed by atoms with Crippen molar-refractivity contribution in [3.63, 3.8) is 0 Å². The first-order chi connectivity index (χ1) is 16.9. The lowest BCUT2D eigenvalue weighted by Crippen LogP contribution is -2.21. The molecule has 0 saturated carbocycles. The molecule has 0 fully saturated rings. The number of hydrogen-bond donors (Lipinski definition) is 1. The Hall–Kier alpha value is -4.84. The molecule has 2 N–H and O–H groups in total. The van der Waals surface area contributed by atoms with Crippen LogP contribution in [0.5, 0.6) is 17.2 Å². The standard InChI is InChI=1S/C26H21N3O6/c1-2-12-33-19-8-6-16(7-9-19)24-21-11-10-20(14-23(21)35-25(28)22(24)15-27)34-26(30)17-4-3-5-18(13-17)29(31)32/h3-11,13-14,24H,2,12,28H2,1H3. The first-order valence-corrected chi connectivity index (χ1v) is 10.8. The minimum Gasteiger partial charge on any atom is -0.494 e. The topological polar surface area (TPSA) is 138 Å². The molecule has 3 aromatic carbocycles. The van der Waals surface area contributed by atoms with Crippen LogP contribution in [0.3, 0.4) is 0 Å². The van der Waals surface area contributed by atoms with Crippen LogP contribution in [0.4, 0.5) is 5.69 Å². The third kappa shape index (κ3) is 4.91. The van der Waals surface area contributed by atoms with Gasteiger partial charge in [-0.05, 0) is 36.2 Å². The van der Waals surface area contributed by atoms with E-state index in [0.717, 1.165) is 23.8 Å². The molecule has 3 aromatic rings. The number of nitro groups is 1. The molecular weight excluding hydrogens is 450 g/mol. The molecule has 35 heavy (non-hydrogen) atoms. The zero-order valence-electron chi connectivity index (χ0n) is 18.8. The van der Waals surface area contributed by atoms with Gasteiger partial charge in [0.1, 0.15) is 28.9 Å². The van der Waals surface area contributed by atoms with Crippen molar-refractivity contribution in [2.45, 2.75) is 19.3 Å².